The summed E-state index contributed by atoms with van der Waals surface area (Å²) in [6.45, 7) is 11.3. The van der Waals surface area contributed by atoms with Gasteiger partial charge in [0.15, 0.2) is 5.82 Å². The van der Waals surface area contributed by atoms with Crippen molar-refractivity contribution in [3.05, 3.63) is 53.9 Å². The largest absolute Gasteiger partial charge is 0.352 e. The van der Waals surface area contributed by atoms with Crippen LogP contribution in [0.5, 0.6) is 0 Å². The molecule has 0 bridgehead atoms. The fraction of sp³-hybridized carbons (Fsp3) is 0.409. The summed E-state index contributed by atoms with van der Waals surface area (Å²) in [6.07, 6.45) is 3.56. The third-order valence-electron chi connectivity index (χ3n) is 5.16. The van der Waals surface area contributed by atoms with E-state index in [4.69, 9.17) is 0 Å². The molecule has 1 saturated heterocycles. The molecule has 0 spiro atoms. The topological polar surface area (TPSA) is 44.6 Å². The first kappa shape index (κ1) is 19.2. The van der Waals surface area contributed by atoms with Crippen molar-refractivity contribution in [1.29, 1.82) is 0 Å². The van der Waals surface area contributed by atoms with Crippen molar-refractivity contribution in [2.75, 3.05) is 44.7 Å². The Morgan fingerprint density at radius 2 is 1.63 bits per heavy atom. The van der Waals surface area contributed by atoms with Gasteiger partial charge in [-0.3, -0.25) is 14.9 Å². The lowest BCUT2D eigenvalue weighted by Gasteiger charge is -2.36. The van der Waals surface area contributed by atoms with E-state index in [1.165, 1.54) is 11.1 Å². The van der Waals surface area contributed by atoms with Crippen LogP contribution in [-0.4, -0.2) is 60.4 Å². The summed E-state index contributed by atoms with van der Waals surface area (Å²) in [5, 5.41) is 0. The van der Waals surface area contributed by atoms with Crippen LogP contribution in [0.3, 0.4) is 0 Å². The van der Waals surface area contributed by atoms with E-state index in [-0.39, 0.29) is 0 Å². The molecule has 1 aromatic carbocycles. The quantitative estimate of drug-likeness (QED) is 0.760. The second-order valence-electron chi connectivity index (χ2n) is 7.15. The average molecular weight is 364 g/mol. The minimum Gasteiger partial charge on any atom is -0.352 e. The van der Waals surface area contributed by atoms with E-state index in [9.17, 15) is 0 Å². The van der Waals surface area contributed by atoms with E-state index in [2.05, 4.69) is 57.7 Å². The van der Waals surface area contributed by atoms with Crippen LogP contribution in [0, 0.1) is 0 Å². The fourth-order valence-corrected chi connectivity index (χ4v) is 3.47. The molecule has 1 fully saturated rings. The number of rotatable bonds is 5. The van der Waals surface area contributed by atoms with Crippen molar-refractivity contribution in [1.82, 2.24) is 14.9 Å². The molecule has 0 N–H and O–H groups in total. The maximum absolute atomic E-state index is 4.65. The molecule has 0 saturated carbocycles. The molecule has 0 aliphatic carbocycles. The van der Waals surface area contributed by atoms with Gasteiger partial charge >= 0.3 is 0 Å². The maximum atomic E-state index is 4.65. The Morgan fingerprint density at radius 1 is 0.963 bits per heavy atom. The number of anilines is 1. The highest BCUT2D eigenvalue weighted by Crippen LogP contribution is 2.27. The van der Waals surface area contributed by atoms with Gasteiger partial charge in [-0.1, -0.05) is 35.9 Å². The van der Waals surface area contributed by atoms with Crippen LogP contribution >= 0.6 is 0 Å². The standard InChI is InChI=1S/C22H29N5/c1-17(2)20(18(3)23-4)16-26-12-14-27(15-13-26)22-21(24-10-11-25-22)19-8-6-5-7-9-19/h5-11H,12-16H2,1-4H3. The van der Waals surface area contributed by atoms with Gasteiger partial charge in [-0.05, 0) is 26.3 Å². The van der Waals surface area contributed by atoms with Crippen molar-refractivity contribution in [2.24, 2.45) is 4.99 Å². The first-order valence-corrected chi connectivity index (χ1v) is 9.54. The van der Waals surface area contributed by atoms with Crippen LogP contribution in [0.15, 0.2) is 58.9 Å². The zero-order valence-corrected chi connectivity index (χ0v) is 16.8. The van der Waals surface area contributed by atoms with Crippen molar-refractivity contribution in [3.8, 4) is 11.3 Å². The highest BCUT2D eigenvalue weighted by atomic mass is 15.3. The van der Waals surface area contributed by atoms with Gasteiger partial charge in [0.05, 0.1) is 0 Å². The zero-order valence-electron chi connectivity index (χ0n) is 16.8. The summed E-state index contributed by atoms with van der Waals surface area (Å²) in [5.41, 5.74) is 5.92. The smallest absolute Gasteiger partial charge is 0.155 e. The first-order valence-electron chi connectivity index (χ1n) is 9.54. The average Bonchev–Trinajstić information content (AvgIpc) is 2.72. The molecule has 2 aromatic rings. The van der Waals surface area contributed by atoms with E-state index in [0.717, 1.165) is 55.5 Å². The van der Waals surface area contributed by atoms with Gasteiger partial charge in [-0.2, -0.15) is 0 Å². The highest BCUT2D eigenvalue weighted by molar-refractivity contribution is 5.99. The van der Waals surface area contributed by atoms with Gasteiger partial charge < -0.3 is 4.90 Å². The number of allylic oxidation sites excluding steroid dienone is 1. The second-order valence-corrected chi connectivity index (χ2v) is 7.15. The summed E-state index contributed by atoms with van der Waals surface area (Å²) in [5.74, 6) is 0.983. The Balaban J connectivity index is 1.71. The van der Waals surface area contributed by atoms with Crippen LogP contribution in [0.25, 0.3) is 11.3 Å². The van der Waals surface area contributed by atoms with Crippen LogP contribution in [-0.2, 0) is 0 Å². The van der Waals surface area contributed by atoms with E-state index in [1.54, 1.807) is 12.4 Å². The Kier molecular flexibility index (Phi) is 6.35. The van der Waals surface area contributed by atoms with Crippen molar-refractivity contribution >= 4 is 11.5 Å². The number of aromatic nitrogens is 2. The van der Waals surface area contributed by atoms with Crippen LogP contribution in [0.1, 0.15) is 20.8 Å². The number of piperazine rings is 1. The lowest BCUT2D eigenvalue weighted by Crippen LogP contribution is -2.47. The molecule has 0 amide bonds. The van der Waals surface area contributed by atoms with Gasteiger partial charge in [0.1, 0.15) is 5.69 Å². The zero-order chi connectivity index (χ0) is 19.2. The summed E-state index contributed by atoms with van der Waals surface area (Å²) in [6, 6.07) is 10.3. The number of nitrogens with zero attached hydrogens (tertiary/aromatic N) is 5. The molecular weight excluding hydrogens is 334 g/mol. The maximum Gasteiger partial charge on any atom is 0.155 e. The minimum absolute atomic E-state index is 0.955. The first-order chi connectivity index (χ1) is 13.1. The van der Waals surface area contributed by atoms with Crippen LogP contribution in [0.4, 0.5) is 5.82 Å². The summed E-state index contributed by atoms with van der Waals surface area (Å²) >= 11 is 0. The molecule has 1 aromatic heterocycles. The Labute approximate surface area is 162 Å². The third-order valence-corrected chi connectivity index (χ3v) is 5.16. The lowest BCUT2D eigenvalue weighted by atomic mass is 10.1. The molecule has 142 valence electrons. The molecule has 3 rings (SSSR count). The number of hydrogen-bond donors (Lipinski definition) is 0. The van der Waals surface area contributed by atoms with Crippen molar-refractivity contribution in [3.63, 3.8) is 0 Å². The molecule has 0 atom stereocenters. The number of benzene rings is 1. The Bertz CT molecular complexity index is 814. The summed E-state index contributed by atoms with van der Waals surface area (Å²) in [7, 11) is 1.87. The predicted octanol–water partition coefficient (Wildman–Crippen LogP) is 3.69. The second kappa shape index (κ2) is 8.91. The SMILES string of the molecule is CN=C(C)C(CN1CCN(c2nccnc2-c2ccccc2)CC1)=C(C)C. The van der Waals surface area contributed by atoms with Gasteiger partial charge in [0, 0.05) is 63.4 Å². The lowest BCUT2D eigenvalue weighted by molar-refractivity contribution is 0.280. The highest BCUT2D eigenvalue weighted by Gasteiger charge is 2.22. The minimum atomic E-state index is 0.955. The summed E-state index contributed by atoms with van der Waals surface area (Å²) in [4.78, 5) is 18.5. The Hall–Kier alpha value is -2.53. The molecule has 5 heteroatoms. The number of aliphatic imine (C=N–C) groups is 1. The predicted molar refractivity (Wildman–Crippen MR) is 114 cm³/mol. The normalized spacial score (nSPS) is 15.7. The molecule has 1 aliphatic heterocycles. The van der Waals surface area contributed by atoms with E-state index < -0.39 is 0 Å². The van der Waals surface area contributed by atoms with Crippen molar-refractivity contribution in [2.45, 2.75) is 20.8 Å². The van der Waals surface area contributed by atoms with Gasteiger partial charge in [-0.15, -0.1) is 0 Å². The molecule has 27 heavy (non-hydrogen) atoms. The van der Waals surface area contributed by atoms with Gasteiger partial charge in [0.2, 0.25) is 0 Å². The Morgan fingerprint density at radius 3 is 2.26 bits per heavy atom. The fourth-order valence-electron chi connectivity index (χ4n) is 3.47. The van der Waals surface area contributed by atoms with Gasteiger partial charge in [-0.25, -0.2) is 4.98 Å². The molecular formula is C22H29N5. The molecule has 5 nitrogen and oxygen atoms in total. The molecule has 0 unspecified atom stereocenters. The molecule has 0 radical (unpaired) electrons. The molecule has 2 heterocycles. The van der Waals surface area contributed by atoms with E-state index >= 15 is 0 Å². The van der Waals surface area contributed by atoms with E-state index in [1.807, 2.05) is 25.2 Å². The summed E-state index contributed by atoms with van der Waals surface area (Å²) < 4.78 is 0. The molecule has 1 aliphatic rings. The number of hydrogen-bond acceptors (Lipinski definition) is 5. The third kappa shape index (κ3) is 4.61. The van der Waals surface area contributed by atoms with Crippen molar-refractivity contribution < 1.29 is 0 Å². The van der Waals surface area contributed by atoms with Gasteiger partial charge in [0.25, 0.3) is 0 Å². The van der Waals surface area contributed by atoms with E-state index in [0.29, 0.717) is 0 Å². The van der Waals surface area contributed by atoms with Crippen LogP contribution in [0.2, 0.25) is 0 Å². The monoisotopic (exact) mass is 363 g/mol. The van der Waals surface area contributed by atoms with Crippen LogP contribution < -0.4 is 4.90 Å².